The van der Waals surface area contributed by atoms with E-state index in [1.165, 1.54) is 6.07 Å². The highest BCUT2D eigenvalue weighted by molar-refractivity contribution is 9.10. The van der Waals surface area contributed by atoms with Gasteiger partial charge >= 0.3 is 0 Å². The number of aromatic nitrogens is 1. The van der Waals surface area contributed by atoms with E-state index < -0.39 is 11.9 Å². The Morgan fingerprint density at radius 1 is 1.18 bits per heavy atom. The first-order valence-electron chi connectivity index (χ1n) is 11.9. The van der Waals surface area contributed by atoms with Crippen molar-refractivity contribution in [3.8, 4) is 11.3 Å². The van der Waals surface area contributed by atoms with E-state index in [1.807, 2.05) is 49.1 Å². The molecule has 5 rings (SSSR count). The lowest BCUT2D eigenvalue weighted by Crippen LogP contribution is -2.29. The molecule has 2 N–H and O–H groups in total. The lowest BCUT2D eigenvalue weighted by Gasteiger charge is -2.26. The molecule has 0 unspecified atom stereocenters. The summed E-state index contributed by atoms with van der Waals surface area (Å²) in [6.45, 7) is 3.62. The van der Waals surface area contributed by atoms with Crippen LogP contribution in [0.25, 0.3) is 11.3 Å². The van der Waals surface area contributed by atoms with Gasteiger partial charge in [0, 0.05) is 22.3 Å². The molecule has 1 amide bonds. The van der Waals surface area contributed by atoms with Gasteiger partial charge in [0.2, 0.25) is 5.91 Å². The number of halogens is 3. The maximum Gasteiger partial charge on any atom is 0.226 e. The fourth-order valence-electron chi connectivity index (χ4n) is 4.30. The van der Waals surface area contributed by atoms with Crippen molar-refractivity contribution in [2.75, 3.05) is 10.2 Å². The van der Waals surface area contributed by atoms with Gasteiger partial charge in [0.15, 0.2) is 5.11 Å². The van der Waals surface area contributed by atoms with Crippen molar-refractivity contribution >= 4 is 62.1 Å². The topological polar surface area (TPSA) is 70.4 Å². The zero-order valence-corrected chi connectivity index (χ0v) is 23.6. The van der Waals surface area contributed by atoms with Crippen molar-refractivity contribution in [3.63, 3.8) is 0 Å². The molecule has 4 aromatic rings. The number of hydrogen-bond acceptors (Lipinski definition) is 4. The van der Waals surface area contributed by atoms with Crippen LogP contribution >= 0.6 is 39.7 Å². The van der Waals surface area contributed by atoms with Crippen LogP contribution in [-0.2, 0) is 4.79 Å². The van der Waals surface area contributed by atoms with Gasteiger partial charge in [-0.2, -0.15) is 0 Å². The molecule has 10 heteroatoms. The third-order valence-corrected chi connectivity index (χ3v) is 7.35. The first kappa shape index (κ1) is 26.3. The number of nitrogens with zero attached hydrogens (tertiary/aromatic N) is 2. The average Bonchev–Trinajstić information content (AvgIpc) is 3.50. The quantitative estimate of drug-likeness (QED) is 0.218. The van der Waals surface area contributed by atoms with Crippen LogP contribution in [0.1, 0.15) is 37.4 Å². The summed E-state index contributed by atoms with van der Waals surface area (Å²) in [5, 5.41) is 7.02. The molecule has 194 valence electrons. The molecule has 1 saturated heterocycles. The predicted molar refractivity (Wildman–Crippen MR) is 155 cm³/mol. The fourth-order valence-corrected chi connectivity index (χ4v) is 5.20. The Labute approximate surface area is 238 Å². The number of hydrogen-bond donors (Lipinski definition) is 2. The van der Waals surface area contributed by atoms with Gasteiger partial charge in [-0.1, -0.05) is 47.4 Å². The number of nitrogens with one attached hydrogen (secondary N) is 2. The second-order valence-corrected chi connectivity index (χ2v) is 10.8. The van der Waals surface area contributed by atoms with E-state index in [9.17, 15) is 9.18 Å². The summed E-state index contributed by atoms with van der Waals surface area (Å²) in [6.07, 6.45) is 1.72. The van der Waals surface area contributed by atoms with Crippen molar-refractivity contribution in [2.24, 2.45) is 5.92 Å². The monoisotopic (exact) mass is 612 g/mol. The molecule has 2 aromatic heterocycles. The number of carbonyl (C=O) groups excluding carboxylic acids is 1. The lowest BCUT2D eigenvalue weighted by molar-refractivity contribution is -0.118. The minimum Gasteiger partial charge on any atom is -0.459 e. The molecule has 1 fully saturated rings. The first-order chi connectivity index (χ1) is 18.2. The average molecular weight is 614 g/mol. The number of thiocarbonyl (C=S) groups is 1. The second kappa shape index (κ2) is 10.8. The Bertz CT molecular complexity index is 1510. The molecule has 6 nitrogen and oxygen atoms in total. The first-order valence-corrected chi connectivity index (χ1v) is 13.5. The van der Waals surface area contributed by atoms with E-state index in [-0.39, 0.29) is 17.9 Å². The highest BCUT2D eigenvalue weighted by Crippen LogP contribution is 2.44. The van der Waals surface area contributed by atoms with E-state index >= 15 is 0 Å². The van der Waals surface area contributed by atoms with Crippen molar-refractivity contribution in [2.45, 2.75) is 25.9 Å². The van der Waals surface area contributed by atoms with E-state index in [2.05, 4.69) is 31.5 Å². The maximum absolute atomic E-state index is 14.7. The number of carbonyl (C=O) groups is 1. The summed E-state index contributed by atoms with van der Waals surface area (Å²) in [5.41, 5.74) is 2.33. The van der Waals surface area contributed by atoms with Crippen LogP contribution in [0.3, 0.4) is 0 Å². The highest BCUT2D eigenvalue weighted by Gasteiger charge is 2.42. The number of benzene rings is 2. The highest BCUT2D eigenvalue weighted by atomic mass is 79.9. The maximum atomic E-state index is 14.7. The molecule has 38 heavy (non-hydrogen) atoms. The molecule has 0 saturated carbocycles. The minimum atomic E-state index is -0.447. The number of rotatable bonds is 6. The second-order valence-electron chi connectivity index (χ2n) is 9.13. The van der Waals surface area contributed by atoms with Gasteiger partial charge in [0.05, 0.1) is 28.0 Å². The van der Waals surface area contributed by atoms with Crippen LogP contribution in [-0.4, -0.2) is 16.0 Å². The summed E-state index contributed by atoms with van der Waals surface area (Å²) >= 11 is 15.6. The molecule has 0 spiro atoms. The third kappa shape index (κ3) is 5.18. The standard InChI is InChI=1S/C28H23BrClFN4O2S/c1-15(2)27(36)33-21-9-7-17(14-19(21)30)35-26(25(34-28(35)38)22-5-3-4-12-32-22)24-11-10-23(37-24)18-8-6-16(29)13-20(18)31/h3-15,25-26H,1-2H3,(H,33,36)(H,34,38)/t25-,26-/m0/s1. The zero-order chi connectivity index (χ0) is 27.0. The molecule has 1 aliphatic heterocycles. The van der Waals surface area contributed by atoms with Crippen LogP contribution in [0.5, 0.6) is 0 Å². The van der Waals surface area contributed by atoms with Gasteiger partial charge in [-0.05, 0) is 72.9 Å². The van der Waals surface area contributed by atoms with Gasteiger partial charge in [0.25, 0.3) is 0 Å². The van der Waals surface area contributed by atoms with Gasteiger partial charge in [-0.3, -0.25) is 9.78 Å². The summed E-state index contributed by atoms with van der Waals surface area (Å²) < 4.78 is 21.6. The minimum absolute atomic E-state index is 0.130. The molecule has 0 bridgehead atoms. The summed E-state index contributed by atoms with van der Waals surface area (Å²) in [6, 6.07) is 18.6. The van der Waals surface area contributed by atoms with Crippen LogP contribution in [0.15, 0.2) is 81.8 Å². The zero-order valence-electron chi connectivity index (χ0n) is 20.4. The van der Waals surface area contributed by atoms with Gasteiger partial charge in [0.1, 0.15) is 23.4 Å². The van der Waals surface area contributed by atoms with Crippen LogP contribution < -0.4 is 15.5 Å². The molecular weight excluding hydrogens is 591 g/mol. The summed E-state index contributed by atoms with van der Waals surface area (Å²) in [5.74, 6) is 0.248. The van der Waals surface area contributed by atoms with E-state index in [0.717, 1.165) is 5.69 Å². The van der Waals surface area contributed by atoms with E-state index in [1.54, 1.807) is 36.5 Å². The van der Waals surface area contributed by atoms with Crippen molar-refractivity contribution in [1.82, 2.24) is 10.3 Å². The van der Waals surface area contributed by atoms with Crippen LogP contribution in [0, 0.1) is 11.7 Å². The van der Waals surface area contributed by atoms with Crippen LogP contribution in [0.2, 0.25) is 5.02 Å². The van der Waals surface area contributed by atoms with E-state index in [4.69, 9.17) is 28.2 Å². The van der Waals surface area contributed by atoms with Gasteiger partial charge in [-0.25, -0.2) is 4.39 Å². The van der Waals surface area contributed by atoms with Crippen molar-refractivity contribution in [1.29, 1.82) is 0 Å². The molecule has 1 aliphatic rings. The Morgan fingerprint density at radius 3 is 2.68 bits per heavy atom. The number of amides is 1. The Hall–Kier alpha value is -3.27. The molecule has 3 heterocycles. The molecule has 2 atom stereocenters. The SMILES string of the molecule is CC(C)C(=O)Nc1ccc(N2C(=S)N[C@@H](c3ccccn3)[C@@H]2c2ccc(-c3ccc(Br)cc3F)o2)cc1Cl. The van der Waals surface area contributed by atoms with Gasteiger partial charge < -0.3 is 20.0 Å². The Balaban J connectivity index is 1.56. The van der Waals surface area contributed by atoms with Crippen molar-refractivity contribution in [3.05, 3.63) is 99.7 Å². The smallest absolute Gasteiger partial charge is 0.226 e. The third-order valence-electron chi connectivity index (χ3n) is 6.23. The number of anilines is 2. The summed E-state index contributed by atoms with van der Waals surface area (Å²) in [7, 11) is 0. The summed E-state index contributed by atoms with van der Waals surface area (Å²) in [4.78, 5) is 18.6. The predicted octanol–water partition coefficient (Wildman–Crippen LogP) is 7.67. The Kier molecular flexibility index (Phi) is 7.52. The lowest BCUT2D eigenvalue weighted by atomic mass is 10.0. The Morgan fingerprint density at radius 2 is 2.00 bits per heavy atom. The normalized spacial score (nSPS) is 17.1. The van der Waals surface area contributed by atoms with Crippen molar-refractivity contribution < 1.29 is 13.6 Å². The molecule has 0 radical (unpaired) electrons. The van der Waals surface area contributed by atoms with E-state index in [0.29, 0.717) is 43.1 Å². The largest absolute Gasteiger partial charge is 0.459 e. The van der Waals surface area contributed by atoms with Gasteiger partial charge in [-0.15, -0.1) is 0 Å². The fraction of sp³-hybridized carbons (Fsp3) is 0.179. The molecule has 2 aromatic carbocycles. The number of pyridine rings is 1. The molecule has 0 aliphatic carbocycles. The molecular formula is C28H23BrClFN4O2S. The van der Waals surface area contributed by atoms with Crippen LogP contribution in [0.4, 0.5) is 15.8 Å². The number of furan rings is 1.